The van der Waals surface area contributed by atoms with Gasteiger partial charge in [-0.25, -0.2) is 9.69 Å². The molecule has 5 amide bonds. The average Bonchev–Trinajstić information content (AvgIpc) is 3.43. The summed E-state index contributed by atoms with van der Waals surface area (Å²) in [5.41, 5.74) is 1.73. The zero-order valence-electron chi connectivity index (χ0n) is 32.6. The van der Waals surface area contributed by atoms with Gasteiger partial charge in [-0.15, -0.1) is 0 Å². The number of urea groups is 1. The van der Waals surface area contributed by atoms with Gasteiger partial charge in [0.1, 0.15) is 12.3 Å². The number of para-hydroxylation sites is 1. The number of ketones is 1. The molecule has 11 heteroatoms. The molecule has 0 aromatic heterocycles. The van der Waals surface area contributed by atoms with Gasteiger partial charge in [0.2, 0.25) is 0 Å². The molecule has 284 valence electrons. The van der Waals surface area contributed by atoms with Crippen LogP contribution in [-0.4, -0.2) is 52.1 Å². The van der Waals surface area contributed by atoms with Crippen LogP contribution in [0.3, 0.4) is 0 Å². The zero-order valence-corrected chi connectivity index (χ0v) is 33.3. The van der Waals surface area contributed by atoms with Gasteiger partial charge in [0.25, 0.3) is 22.7 Å². The molecule has 0 bridgehead atoms. The Morgan fingerprint density at radius 2 is 1.40 bits per heavy atom. The summed E-state index contributed by atoms with van der Waals surface area (Å²) in [6.07, 6.45) is 1.40. The molecular weight excluding hydrogens is 692 g/mol. The highest BCUT2D eigenvalue weighted by Crippen LogP contribution is 2.40. The SMILES string of the molecule is CCC(Oc1ccc(C(C)(C)CC)cc1C(C)(C)CC)C(=O)Nc1cccc(NC(=O)C(Cl)(C(=O)C(C)(C)C)N2C(=O)CN(c3ccccc3)C2=O)c1. The minimum absolute atomic E-state index is 0.0235. The van der Waals surface area contributed by atoms with E-state index in [0.717, 1.165) is 23.3 Å². The first-order valence-electron chi connectivity index (χ1n) is 18.2. The van der Waals surface area contributed by atoms with E-state index in [2.05, 4.69) is 64.3 Å². The molecule has 3 aromatic carbocycles. The summed E-state index contributed by atoms with van der Waals surface area (Å²) in [5.74, 6) is -2.48. The van der Waals surface area contributed by atoms with Crippen molar-refractivity contribution in [2.45, 2.75) is 110 Å². The molecular formula is C42H53ClN4O6. The summed E-state index contributed by atoms with van der Waals surface area (Å²) in [6.45, 7) is 19.2. The second-order valence-electron chi connectivity index (χ2n) is 15.9. The van der Waals surface area contributed by atoms with Crippen molar-refractivity contribution in [3.8, 4) is 5.75 Å². The van der Waals surface area contributed by atoms with E-state index in [4.69, 9.17) is 16.3 Å². The number of benzene rings is 3. The Kier molecular flexibility index (Phi) is 12.2. The largest absolute Gasteiger partial charge is 0.480 e. The molecule has 1 fully saturated rings. The lowest BCUT2D eigenvalue weighted by Crippen LogP contribution is -2.63. The van der Waals surface area contributed by atoms with Gasteiger partial charge in [-0.1, -0.05) is 117 Å². The summed E-state index contributed by atoms with van der Waals surface area (Å²) in [6, 6.07) is 20.0. The number of carbonyl (C=O) groups excluding carboxylic acids is 5. The van der Waals surface area contributed by atoms with Crippen LogP contribution >= 0.6 is 11.6 Å². The number of amides is 5. The van der Waals surface area contributed by atoms with Gasteiger partial charge >= 0.3 is 6.03 Å². The maximum atomic E-state index is 14.0. The van der Waals surface area contributed by atoms with Crippen molar-refractivity contribution in [3.63, 3.8) is 0 Å². The highest BCUT2D eigenvalue weighted by atomic mass is 35.5. The van der Waals surface area contributed by atoms with Crippen LogP contribution in [0, 0.1) is 5.41 Å². The van der Waals surface area contributed by atoms with Crippen molar-refractivity contribution >= 4 is 58.2 Å². The number of anilines is 3. The van der Waals surface area contributed by atoms with Crippen LogP contribution in [0.1, 0.15) is 99.6 Å². The third-order valence-corrected chi connectivity index (χ3v) is 10.7. The first-order valence-corrected chi connectivity index (χ1v) is 18.6. The van der Waals surface area contributed by atoms with Crippen molar-refractivity contribution in [2.24, 2.45) is 5.41 Å². The van der Waals surface area contributed by atoms with Gasteiger partial charge in [-0.2, -0.15) is 0 Å². The van der Waals surface area contributed by atoms with Crippen molar-refractivity contribution < 1.29 is 28.7 Å². The predicted octanol–water partition coefficient (Wildman–Crippen LogP) is 8.82. The Morgan fingerprint density at radius 1 is 0.792 bits per heavy atom. The smallest absolute Gasteiger partial charge is 0.334 e. The molecule has 2 N–H and O–H groups in total. The molecule has 1 aliphatic heterocycles. The number of alkyl halides is 1. The second-order valence-corrected chi connectivity index (χ2v) is 16.4. The number of imide groups is 1. The molecule has 2 unspecified atom stereocenters. The first-order chi connectivity index (χ1) is 24.7. The molecule has 3 aromatic rings. The second kappa shape index (κ2) is 15.7. The molecule has 1 saturated heterocycles. The quantitative estimate of drug-likeness (QED) is 0.0736. The number of halogens is 1. The highest BCUT2D eigenvalue weighted by Gasteiger charge is 2.60. The van der Waals surface area contributed by atoms with Crippen molar-refractivity contribution in [2.75, 3.05) is 22.1 Å². The number of Topliss-reactive ketones (excluding diaryl/α,β-unsaturated/α-hetero) is 1. The number of carbonyl (C=O) groups is 5. The fraction of sp³-hybridized carbons (Fsp3) is 0.452. The number of rotatable bonds is 14. The summed E-state index contributed by atoms with van der Waals surface area (Å²) in [5, 5.41) is 5.50. The van der Waals surface area contributed by atoms with E-state index in [1.54, 1.807) is 69.3 Å². The number of nitrogens with one attached hydrogen (secondary N) is 2. The van der Waals surface area contributed by atoms with E-state index in [9.17, 15) is 24.0 Å². The monoisotopic (exact) mass is 744 g/mol. The van der Waals surface area contributed by atoms with Gasteiger partial charge in [0.05, 0.1) is 0 Å². The zero-order chi connectivity index (χ0) is 39.5. The standard InChI is InChI=1S/C42H53ClN4O6/c1-11-32(53-33-23-22-27(40(7,8)12-2)24-31(33)41(9,10)13-3)35(49)44-28-18-17-19-29(25-28)45-37(51)42(43,36(50)39(4,5)6)47-34(48)26-46(38(47)52)30-20-15-14-16-21-30/h14-25,32H,11-13,26H2,1-10H3,(H,44,49)(H,45,51). The Balaban J connectivity index is 1.59. The lowest BCUT2D eigenvalue weighted by atomic mass is 9.76. The summed E-state index contributed by atoms with van der Waals surface area (Å²) < 4.78 is 6.42. The van der Waals surface area contributed by atoms with Gasteiger partial charge < -0.3 is 15.4 Å². The summed E-state index contributed by atoms with van der Waals surface area (Å²) in [4.78, 5) is 67.6. The minimum Gasteiger partial charge on any atom is -0.480 e. The van der Waals surface area contributed by atoms with Crippen LogP contribution in [0.25, 0.3) is 0 Å². The third kappa shape index (κ3) is 8.59. The van der Waals surface area contributed by atoms with Gasteiger partial charge in [-0.05, 0) is 72.1 Å². The van der Waals surface area contributed by atoms with Gasteiger partial charge in [0.15, 0.2) is 11.9 Å². The fourth-order valence-electron chi connectivity index (χ4n) is 5.98. The van der Waals surface area contributed by atoms with E-state index >= 15 is 0 Å². The highest BCUT2D eigenvalue weighted by molar-refractivity contribution is 6.50. The normalized spacial score (nSPS) is 15.5. The van der Waals surface area contributed by atoms with Crippen LogP contribution in [-0.2, 0) is 30.0 Å². The Labute approximate surface area is 318 Å². The molecule has 1 aliphatic rings. The third-order valence-electron chi connectivity index (χ3n) is 10.2. The van der Waals surface area contributed by atoms with Crippen LogP contribution in [0.2, 0.25) is 0 Å². The van der Waals surface area contributed by atoms with Crippen LogP contribution in [0.4, 0.5) is 21.9 Å². The Bertz CT molecular complexity index is 1870. The molecule has 4 rings (SSSR count). The average molecular weight is 745 g/mol. The van der Waals surface area contributed by atoms with Gasteiger partial charge in [-0.3, -0.25) is 24.1 Å². The Hall–Kier alpha value is -4.70. The van der Waals surface area contributed by atoms with E-state index in [1.165, 1.54) is 11.6 Å². The molecule has 0 radical (unpaired) electrons. The first kappa shape index (κ1) is 41.1. The summed E-state index contributed by atoms with van der Waals surface area (Å²) >= 11 is 6.89. The lowest BCUT2D eigenvalue weighted by molar-refractivity contribution is -0.145. The molecule has 0 spiro atoms. The maximum absolute atomic E-state index is 14.0. The molecule has 0 saturated carbocycles. The number of hydrogen-bond donors (Lipinski definition) is 2. The van der Waals surface area contributed by atoms with E-state index in [-0.39, 0.29) is 16.5 Å². The predicted molar refractivity (Wildman–Crippen MR) is 211 cm³/mol. The van der Waals surface area contributed by atoms with E-state index in [1.807, 2.05) is 13.0 Å². The van der Waals surface area contributed by atoms with Crippen LogP contribution < -0.4 is 20.3 Å². The van der Waals surface area contributed by atoms with Crippen LogP contribution in [0.5, 0.6) is 5.75 Å². The van der Waals surface area contributed by atoms with Gasteiger partial charge in [0, 0.05) is 28.0 Å². The minimum atomic E-state index is -2.71. The van der Waals surface area contributed by atoms with Crippen LogP contribution in [0.15, 0.2) is 72.8 Å². The topological polar surface area (TPSA) is 125 Å². The van der Waals surface area contributed by atoms with E-state index < -0.39 is 52.6 Å². The Morgan fingerprint density at radius 3 is 1.96 bits per heavy atom. The van der Waals surface area contributed by atoms with Crippen molar-refractivity contribution in [1.82, 2.24) is 4.90 Å². The fourth-order valence-corrected chi connectivity index (χ4v) is 6.48. The molecule has 0 aliphatic carbocycles. The maximum Gasteiger partial charge on any atom is 0.334 e. The molecule has 2 atom stereocenters. The lowest BCUT2D eigenvalue weighted by Gasteiger charge is -2.36. The number of hydrogen-bond acceptors (Lipinski definition) is 6. The molecule has 10 nitrogen and oxygen atoms in total. The van der Waals surface area contributed by atoms with E-state index in [0.29, 0.717) is 28.4 Å². The summed E-state index contributed by atoms with van der Waals surface area (Å²) in [7, 11) is 0. The van der Waals surface area contributed by atoms with Crippen molar-refractivity contribution in [3.05, 3.63) is 83.9 Å². The van der Waals surface area contributed by atoms with Crippen molar-refractivity contribution in [1.29, 1.82) is 0 Å². The number of nitrogens with zero attached hydrogens (tertiary/aromatic N) is 2. The molecule has 1 heterocycles. The number of ether oxygens (including phenoxy) is 1. The molecule has 53 heavy (non-hydrogen) atoms.